The van der Waals surface area contributed by atoms with Crippen LogP contribution in [0.4, 0.5) is 4.79 Å². The lowest BCUT2D eigenvalue weighted by molar-refractivity contribution is -0.207. The minimum atomic E-state index is -0.784. The third-order valence-electron chi connectivity index (χ3n) is 13.0. The van der Waals surface area contributed by atoms with Crippen molar-refractivity contribution in [2.24, 2.45) is 46.3 Å². The highest BCUT2D eigenvalue weighted by Gasteiger charge is 2.65. The van der Waals surface area contributed by atoms with Gasteiger partial charge in [0.15, 0.2) is 0 Å². The van der Waals surface area contributed by atoms with Crippen molar-refractivity contribution in [2.45, 2.75) is 175 Å². The molecule has 2 amide bonds. The molecule has 4 fully saturated rings. The Morgan fingerprint density at radius 1 is 0.857 bits per heavy atom. The van der Waals surface area contributed by atoms with E-state index < -0.39 is 41.5 Å². The number of aliphatic hydroxyl groups is 3. The number of ether oxygens (including phenoxy) is 2. The summed E-state index contributed by atoms with van der Waals surface area (Å²) in [6.45, 7) is 18.0. The third-order valence-corrected chi connectivity index (χ3v) is 13.0. The zero-order valence-electron chi connectivity index (χ0n) is 31.8. The highest BCUT2D eigenvalue weighted by Crippen LogP contribution is 2.68. The van der Waals surface area contributed by atoms with Gasteiger partial charge < -0.3 is 35.4 Å². The van der Waals surface area contributed by atoms with Gasteiger partial charge in [-0.05, 0) is 159 Å². The van der Waals surface area contributed by atoms with Gasteiger partial charge in [0.1, 0.15) is 17.2 Å². The van der Waals surface area contributed by atoms with Crippen LogP contribution >= 0.6 is 0 Å². The number of hydrogen-bond acceptors (Lipinski definition) is 8. The van der Waals surface area contributed by atoms with Crippen molar-refractivity contribution < 1.29 is 39.2 Å². The number of esters is 1. The molecule has 4 saturated carbocycles. The van der Waals surface area contributed by atoms with Gasteiger partial charge in [0.05, 0.1) is 18.3 Å². The van der Waals surface area contributed by atoms with Crippen LogP contribution in [0.2, 0.25) is 0 Å². The molecule has 0 bridgehead atoms. The van der Waals surface area contributed by atoms with Crippen LogP contribution in [-0.4, -0.2) is 75.4 Å². The van der Waals surface area contributed by atoms with E-state index in [1.807, 2.05) is 0 Å². The molecule has 0 heterocycles. The highest BCUT2D eigenvalue weighted by molar-refractivity contribution is 5.84. The maximum atomic E-state index is 13.3. The molecule has 4 rings (SSSR count). The number of unbranched alkanes of at least 4 members (excludes halogenated alkanes) is 1. The Morgan fingerprint density at radius 3 is 2.18 bits per heavy atom. The number of alkyl carbamates (subject to hydrolysis) is 1. The van der Waals surface area contributed by atoms with Gasteiger partial charge in [-0.3, -0.25) is 4.79 Å². The van der Waals surface area contributed by atoms with Crippen LogP contribution in [0.3, 0.4) is 0 Å². The second-order valence-corrected chi connectivity index (χ2v) is 18.6. The quantitative estimate of drug-likeness (QED) is 0.133. The second kappa shape index (κ2) is 15.4. The number of fused-ring (bicyclic) bond motifs is 5. The van der Waals surface area contributed by atoms with Gasteiger partial charge in [-0.15, -0.1) is 0 Å². The van der Waals surface area contributed by atoms with Crippen LogP contribution < -0.4 is 10.6 Å². The maximum absolute atomic E-state index is 13.3. The number of hydrogen-bond donors (Lipinski definition) is 5. The molecule has 10 heteroatoms. The molecule has 282 valence electrons. The van der Waals surface area contributed by atoms with E-state index in [0.29, 0.717) is 38.6 Å². The summed E-state index contributed by atoms with van der Waals surface area (Å²) in [5, 5.41) is 39.5. The van der Waals surface area contributed by atoms with Crippen molar-refractivity contribution in [1.29, 1.82) is 0 Å². The fourth-order valence-corrected chi connectivity index (χ4v) is 10.6. The zero-order valence-corrected chi connectivity index (χ0v) is 31.8. The molecular weight excluding hydrogens is 624 g/mol. The lowest BCUT2D eigenvalue weighted by atomic mass is 9.43. The van der Waals surface area contributed by atoms with Crippen molar-refractivity contribution in [2.75, 3.05) is 6.54 Å². The lowest BCUT2D eigenvalue weighted by Gasteiger charge is -2.63. The Morgan fingerprint density at radius 2 is 1.53 bits per heavy atom. The van der Waals surface area contributed by atoms with Gasteiger partial charge in [-0.25, -0.2) is 9.59 Å². The van der Waals surface area contributed by atoms with Crippen molar-refractivity contribution in [3.8, 4) is 0 Å². The smallest absolute Gasteiger partial charge is 0.407 e. The number of carbonyl (C=O) groups excluding carboxylic acids is 3. The van der Waals surface area contributed by atoms with Gasteiger partial charge in [0, 0.05) is 13.0 Å². The monoisotopic (exact) mass is 692 g/mol. The Hall–Kier alpha value is -1.91. The minimum absolute atomic E-state index is 0.0342. The molecule has 0 aromatic rings. The summed E-state index contributed by atoms with van der Waals surface area (Å²) in [7, 11) is 0. The van der Waals surface area contributed by atoms with E-state index in [2.05, 4.69) is 31.4 Å². The van der Waals surface area contributed by atoms with Crippen LogP contribution in [-0.2, 0) is 19.1 Å². The first-order valence-electron chi connectivity index (χ1n) is 19.2. The molecule has 0 saturated heterocycles. The van der Waals surface area contributed by atoms with Gasteiger partial charge >= 0.3 is 12.1 Å². The summed E-state index contributed by atoms with van der Waals surface area (Å²) in [6, 6.07) is -0.784. The molecule has 10 nitrogen and oxygen atoms in total. The Bertz CT molecular complexity index is 1160. The molecule has 0 unspecified atom stereocenters. The predicted molar refractivity (Wildman–Crippen MR) is 188 cm³/mol. The molecule has 12 atom stereocenters. The first kappa shape index (κ1) is 39.9. The molecule has 5 N–H and O–H groups in total. The Kier molecular flexibility index (Phi) is 12.5. The van der Waals surface area contributed by atoms with Crippen LogP contribution in [0.1, 0.15) is 139 Å². The van der Waals surface area contributed by atoms with Gasteiger partial charge in [0.2, 0.25) is 5.91 Å². The molecule has 4 aliphatic rings. The van der Waals surface area contributed by atoms with Crippen LogP contribution in [0, 0.1) is 46.3 Å². The molecule has 0 spiro atoms. The Balaban J connectivity index is 1.33. The third kappa shape index (κ3) is 9.31. The van der Waals surface area contributed by atoms with E-state index in [4.69, 9.17) is 9.47 Å². The van der Waals surface area contributed by atoms with E-state index in [0.717, 1.165) is 38.5 Å². The van der Waals surface area contributed by atoms with E-state index in [-0.39, 0.29) is 64.8 Å². The average molecular weight is 693 g/mol. The number of nitrogens with one attached hydrogen (secondary N) is 2. The summed E-state index contributed by atoms with van der Waals surface area (Å²) < 4.78 is 10.9. The fourth-order valence-electron chi connectivity index (χ4n) is 10.6. The summed E-state index contributed by atoms with van der Waals surface area (Å²) in [6.07, 6.45) is 6.71. The number of aliphatic hydroxyl groups excluding tert-OH is 3. The molecule has 4 aliphatic carbocycles. The van der Waals surface area contributed by atoms with E-state index in [1.165, 1.54) is 0 Å². The van der Waals surface area contributed by atoms with Crippen LogP contribution in [0.25, 0.3) is 0 Å². The maximum Gasteiger partial charge on any atom is 0.407 e. The van der Waals surface area contributed by atoms with Gasteiger partial charge in [0.25, 0.3) is 0 Å². The summed E-state index contributed by atoms with van der Waals surface area (Å²) in [5.41, 5.74) is -1.57. The van der Waals surface area contributed by atoms with Crippen molar-refractivity contribution in [3.63, 3.8) is 0 Å². The summed E-state index contributed by atoms with van der Waals surface area (Å²) >= 11 is 0. The molecule has 0 aromatic heterocycles. The van der Waals surface area contributed by atoms with E-state index in [9.17, 15) is 29.7 Å². The number of amides is 2. The standard InChI is InChI=1S/C39H68N2O8/c1-23(13-16-32(45)41-29(34(46)48-36(2,3)4)12-10-11-19-40-35(47)49-37(5,6)7)26-14-15-27-33-28(22-31(44)39(26,27)9)38(8)18-17-25(42)20-24(38)21-30(33)43/h23-31,33,42-44H,10-22H2,1-9H3,(H,40,47)(H,41,45)/t23-,24+,25-,26-,27+,28+,29+,30-,31+,33+,38+,39-/m1/s1. The molecule has 0 aliphatic heterocycles. The van der Waals surface area contributed by atoms with Gasteiger partial charge in [-0.2, -0.15) is 0 Å². The Labute approximate surface area is 295 Å². The summed E-state index contributed by atoms with van der Waals surface area (Å²) in [4.78, 5) is 38.4. The normalized spacial score (nSPS) is 37.1. The predicted octanol–water partition coefficient (Wildman–Crippen LogP) is 5.89. The zero-order chi connectivity index (χ0) is 36.5. The molecule has 49 heavy (non-hydrogen) atoms. The van der Waals surface area contributed by atoms with Gasteiger partial charge in [-0.1, -0.05) is 20.8 Å². The molecule has 0 aromatic carbocycles. The first-order chi connectivity index (χ1) is 22.7. The highest BCUT2D eigenvalue weighted by atomic mass is 16.6. The second-order valence-electron chi connectivity index (χ2n) is 18.6. The van der Waals surface area contributed by atoms with Crippen molar-refractivity contribution >= 4 is 18.0 Å². The number of carbonyl (C=O) groups is 3. The number of rotatable bonds is 11. The van der Waals surface area contributed by atoms with E-state index in [1.54, 1.807) is 41.5 Å². The summed E-state index contributed by atoms with van der Waals surface area (Å²) in [5.74, 6) is 0.666. The topological polar surface area (TPSA) is 154 Å². The largest absolute Gasteiger partial charge is 0.458 e. The van der Waals surface area contributed by atoms with E-state index >= 15 is 0 Å². The SMILES string of the molecule is C[C@H](CCC(=O)N[C@@H](CCCCNC(=O)OC(C)(C)C)C(=O)OC(C)(C)C)[C@H]1CC[C@H]2[C@@H]3[C@H](O)C[C@@H]4C[C@H](O)CC[C@]4(C)[C@H]3C[C@H](O)[C@]12C. The fraction of sp³-hybridized carbons (Fsp3) is 0.923. The molecule has 0 radical (unpaired) electrons. The van der Waals surface area contributed by atoms with Crippen LogP contribution in [0.15, 0.2) is 0 Å². The average Bonchev–Trinajstić information content (AvgIpc) is 3.33. The lowest BCUT2D eigenvalue weighted by Crippen LogP contribution is -2.62. The van der Waals surface area contributed by atoms with Crippen molar-refractivity contribution in [1.82, 2.24) is 10.6 Å². The van der Waals surface area contributed by atoms with Crippen LogP contribution in [0.5, 0.6) is 0 Å². The molecular formula is C39H68N2O8. The minimum Gasteiger partial charge on any atom is -0.458 e. The van der Waals surface area contributed by atoms with Crippen molar-refractivity contribution in [3.05, 3.63) is 0 Å². The first-order valence-corrected chi connectivity index (χ1v) is 19.2.